The number of piperazine rings is 1. The third kappa shape index (κ3) is 7.85. The molecule has 1 aliphatic heterocycles. The number of carboxylic acids is 1. The Morgan fingerprint density at radius 1 is 1.05 bits per heavy atom. The third-order valence-electron chi connectivity index (χ3n) is 5.96. The monoisotopic (exact) mass is 561 g/mol. The maximum atomic E-state index is 13.2. The predicted molar refractivity (Wildman–Crippen MR) is 137 cm³/mol. The van der Waals surface area contributed by atoms with Gasteiger partial charge in [0.25, 0.3) is 5.91 Å². The van der Waals surface area contributed by atoms with Crippen LogP contribution in [0.25, 0.3) is 5.69 Å². The van der Waals surface area contributed by atoms with Gasteiger partial charge in [-0.2, -0.15) is 5.10 Å². The van der Waals surface area contributed by atoms with Crippen molar-refractivity contribution in [3.8, 4) is 17.3 Å². The second-order valence-electron chi connectivity index (χ2n) is 8.63. The Bertz CT molecular complexity index is 1240. The maximum Gasteiger partial charge on any atom is 0.407 e. The number of carboxylic acid groups (broad SMARTS) is 2. The van der Waals surface area contributed by atoms with Crippen LogP contribution in [0.15, 0.2) is 30.3 Å². The molecule has 0 bridgehead atoms. The number of carbonyl (C=O) groups excluding carboxylic acids is 3. The number of carbonyl (C=O) groups is 5. The number of esters is 1. The van der Waals surface area contributed by atoms with Crippen molar-refractivity contribution < 1.29 is 48.4 Å². The summed E-state index contributed by atoms with van der Waals surface area (Å²) < 4.78 is 17.0. The average molecular weight is 562 g/mol. The van der Waals surface area contributed by atoms with E-state index >= 15 is 0 Å². The van der Waals surface area contributed by atoms with Crippen molar-refractivity contribution in [2.24, 2.45) is 0 Å². The molecule has 1 aliphatic rings. The lowest BCUT2D eigenvalue weighted by atomic mass is 10.1. The average Bonchev–Trinajstić information content (AvgIpc) is 3.38. The first kappa shape index (κ1) is 29.7. The predicted octanol–water partition coefficient (Wildman–Crippen LogP) is 0.608. The highest BCUT2D eigenvalue weighted by atomic mass is 16.6. The molecule has 3 rings (SSSR count). The molecule has 0 unspecified atom stereocenters. The van der Waals surface area contributed by atoms with E-state index in [-0.39, 0.29) is 50.8 Å². The Labute approximate surface area is 229 Å². The minimum absolute atomic E-state index is 0.0321. The number of nitrogens with zero attached hydrogens (tertiary/aromatic N) is 4. The van der Waals surface area contributed by atoms with Crippen molar-refractivity contribution in [2.75, 3.05) is 46.5 Å². The fraction of sp³-hybridized carbons (Fsp3) is 0.440. The van der Waals surface area contributed by atoms with Gasteiger partial charge in [0.15, 0.2) is 12.3 Å². The largest absolute Gasteiger partial charge is 0.497 e. The van der Waals surface area contributed by atoms with Crippen LogP contribution >= 0.6 is 0 Å². The lowest BCUT2D eigenvalue weighted by Gasteiger charge is -2.35. The Kier molecular flexibility index (Phi) is 10.3. The van der Waals surface area contributed by atoms with Crippen molar-refractivity contribution in [3.05, 3.63) is 36.0 Å². The van der Waals surface area contributed by atoms with E-state index in [1.54, 1.807) is 31.2 Å². The van der Waals surface area contributed by atoms with E-state index in [1.807, 2.05) is 0 Å². The molecular formula is C25H31N5O10. The maximum absolute atomic E-state index is 13.2. The van der Waals surface area contributed by atoms with Crippen molar-refractivity contribution in [1.29, 1.82) is 0 Å². The van der Waals surface area contributed by atoms with Gasteiger partial charge in [-0.3, -0.25) is 14.4 Å². The van der Waals surface area contributed by atoms with Crippen molar-refractivity contribution >= 4 is 29.8 Å². The zero-order valence-electron chi connectivity index (χ0n) is 22.1. The van der Waals surface area contributed by atoms with Gasteiger partial charge in [-0.15, -0.1) is 0 Å². The molecule has 2 aromatic rings. The SMILES string of the molecule is CCOC(=O)COc1cc(C(=O)N[C@@H](CCC(=O)O)C(=O)N2CCN(C(=O)O)CC2)nn1-c1cccc(OC)c1. The van der Waals surface area contributed by atoms with Crippen LogP contribution in [-0.2, 0) is 19.1 Å². The smallest absolute Gasteiger partial charge is 0.407 e. The fourth-order valence-electron chi connectivity index (χ4n) is 3.94. The zero-order chi connectivity index (χ0) is 29.2. The van der Waals surface area contributed by atoms with Crippen LogP contribution < -0.4 is 14.8 Å². The normalized spacial score (nSPS) is 13.8. The number of nitrogens with one attached hydrogen (secondary N) is 1. The summed E-state index contributed by atoms with van der Waals surface area (Å²) in [6, 6.07) is 6.76. The van der Waals surface area contributed by atoms with E-state index in [0.717, 1.165) is 4.90 Å². The first-order valence-electron chi connectivity index (χ1n) is 12.4. The summed E-state index contributed by atoms with van der Waals surface area (Å²) in [5.41, 5.74) is 0.289. The van der Waals surface area contributed by atoms with Crippen LogP contribution in [0.5, 0.6) is 11.6 Å². The molecule has 1 aromatic carbocycles. The number of benzene rings is 1. The van der Waals surface area contributed by atoms with Gasteiger partial charge in [0.1, 0.15) is 11.8 Å². The fourth-order valence-corrected chi connectivity index (χ4v) is 3.94. The lowest BCUT2D eigenvalue weighted by Crippen LogP contribution is -2.55. The molecular weight excluding hydrogens is 530 g/mol. The van der Waals surface area contributed by atoms with E-state index in [9.17, 15) is 24.0 Å². The molecule has 3 N–H and O–H groups in total. The first-order chi connectivity index (χ1) is 19.1. The molecule has 15 nitrogen and oxygen atoms in total. The van der Waals surface area contributed by atoms with Crippen LogP contribution in [0.2, 0.25) is 0 Å². The molecule has 0 spiro atoms. The van der Waals surface area contributed by atoms with Crippen LogP contribution in [0, 0.1) is 0 Å². The van der Waals surface area contributed by atoms with E-state index in [4.69, 9.17) is 24.4 Å². The van der Waals surface area contributed by atoms with Crippen molar-refractivity contribution in [2.45, 2.75) is 25.8 Å². The summed E-state index contributed by atoms with van der Waals surface area (Å²) >= 11 is 0. The topological polar surface area (TPSA) is 190 Å². The van der Waals surface area contributed by atoms with Gasteiger partial charge >= 0.3 is 18.0 Å². The summed E-state index contributed by atoms with van der Waals surface area (Å²) in [7, 11) is 1.48. The van der Waals surface area contributed by atoms with Crippen LogP contribution in [0.4, 0.5) is 4.79 Å². The second-order valence-corrected chi connectivity index (χ2v) is 8.63. The van der Waals surface area contributed by atoms with Crippen LogP contribution in [0.1, 0.15) is 30.3 Å². The van der Waals surface area contributed by atoms with Gasteiger partial charge in [-0.05, 0) is 25.5 Å². The molecule has 40 heavy (non-hydrogen) atoms. The summed E-state index contributed by atoms with van der Waals surface area (Å²) in [6.45, 7) is 1.73. The Balaban J connectivity index is 1.83. The number of hydrogen-bond acceptors (Lipinski definition) is 9. The number of rotatable bonds is 12. The molecule has 0 radical (unpaired) electrons. The number of aromatic nitrogens is 2. The Morgan fingerprint density at radius 3 is 2.38 bits per heavy atom. The molecule has 216 valence electrons. The minimum Gasteiger partial charge on any atom is -0.497 e. The lowest BCUT2D eigenvalue weighted by molar-refractivity contribution is -0.145. The number of hydrogen-bond donors (Lipinski definition) is 3. The third-order valence-corrected chi connectivity index (χ3v) is 5.96. The summed E-state index contributed by atoms with van der Waals surface area (Å²) in [5.74, 6) is -2.57. The number of amides is 3. The van der Waals surface area contributed by atoms with Crippen molar-refractivity contribution in [3.63, 3.8) is 0 Å². The highest BCUT2D eigenvalue weighted by molar-refractivity contribution is 5.96. The van der Waals surface area contributed by atoms with E-state index in [0.29, 0.717) is 11.4 Å². The molecule has 3 amide bonds. The van der Waals surface area contributed by atoms with E-state index in [2.05, 4.69) is 10.4 Å². The van der Waals surface area contributed by atoms with Gasteiger partial charge in [0, 0.05) is 44.7 Å². The van der Waals surface area contributed by atoms with Gasteiger partial charge in [0.05, 0.1) is 19.4 Å². The molecule has 1 aromatic heterocycles. The minimum atomic E-state index is -1.20. The highest BCUT2D eigenvalue weighted by Crippen LogP contribution is 2.23. The van der Waals surface area contributed by atoms with Gasteiger partial charge in [-0.1, -0.05) is 6.07 Å². The molecule has 1 saturated heterocycles. The van der Waals surface area contributed by atoms with Gasteiger partial charge < -0.3 is 39.5 Å². The van der Waals surface area contributed by atoms with Gasteiger partial charge in [0.2, 0.25) is 11.8 Å². The quantitative estimate of drug-likeness (QED) is 0.308. The van der Waals surface area contributed by atoms with Crippen LogP contribution in [0.3, 0.4) is 0 Å². The van der Waals surface area contributed by atoms with Crippen molar-refractivity contribution in [1.82, 2.24) is 24.9 Å². The molecule has 15 heteroatoms. The summed E-state index contributed by atoms with van der Waals surface area (Å²) in [4.78, 5) is 63.2. The number of ether oxygens (including phenoxy) is 3. The van der Waals surface area contributed by atoms with Crippen LogP contribution in [-0.4, -0.2) is 112 Å². The number of aliphatic carboxylic acids is 1. The van der Waals surface area contributed by atoms with E-state index in [1.165, 1.54) is 22.8 Å². The molecule has 1 atom stereocenters. The first-order valence-corrected chi connectivity index (χ1v) is 12.4. The molecule has 0 saturated carbocycles. The van der Waals surface area contributed by atoms with Gasteiger partial charge in [-0.25, -0.2) is 14.3 Å². The Morgan fingerprint density at radius 2 is 1.75 bits per heavy atom. The Hall–Kier alpha value is -4.82. The molecule has 0 aliphatic carbocycles. The number of methoxy groups -OCH3 is 1. The molecule has 1 fully saturated rings. The summed E-state index contributed by atoms with van der Waals surface area (Å²) in [5, 5.41) is 25.1. The zero-order valence-corrected chi connectivity index (χ0v) is 22.1. The summed E-state index contributed by atoms with van der Waals surface area (Å²) in [6.07, 6.45) is -1.68. The highest BCUT2D eigenvalue weighted by Gasteiger charge is 2.31. The second kappa shape index (κ2) is 13.8. The standard InChI is InChI=1S/C25H31N5O10/c1-3-39-22(33)15-40-20-14-19(27-30(20)16-5-4-6-17(13-16)38-2)23(34)26-18(7-8-21(31)32)24(35)28-9-11-29(12-10-28)25(36)37/h4-6,13-14,18H,3,7-12,15H2,1-2H3,(H,26,34)(H,31,32)(H,36,37)/t18-/m0/s1. The molecule has 2 heterocycles. The van der Waals surface area contributed by atoms with E-state index < -0.39 is 48.9 Å².